The van der Waals surface area contributed by atoms with Crippen LogP contribution in [0.5, 0.6) is 0 Å². The molecule has 1 aromatic rings. The number of carboxylic acid groups (broad SMARTS) is 1. The Bertz CT molecular complexity index is 351. The van der Waals surface area contributed by atoms with Gasteiger partial charge in [0.05, 0.1) is 12.2 Å². The molecule has 1 aliphatic carbocycles. The summed E-state index contributed by atoms with van der Waals surface area (Å²) in [6.45, 7) is 0.874. The minimum Gasteiger partial charge on any atom is -0.481 e. The third kappa shape index (κ3) is 3.56. The molecule has 0 saturated heterocycles. The average Bonchev–Trinajstić information content (AvgIpc) is 2.82. The van der Waals surface area contributed by atoms with E-state index in [0.717, 1.165) is 44.3 Å². The molecule has 0 spiro atoms. The van der Waals surface area contributed by atoms with E-state index >= 15 is 0 Å². The molecule has 1 aliphatic rings. The lowest BCUT2D eigenvalue weighted by Gasteiger charge is -2.27. The van der Waals surface area contributed by atoms with Gasteiger partial charge in [0.25, 0.3) is 0 Å². The van der Waals surface area contributed by atoms with E-state index in [-0.39, 0.29) is 5.92 Å². The zero-order chi connectivity index (χ0) is 12.1. The van der Waals surface area contributed by atoms with Crippen LogP contribution in [0.2, 0.25) is 0 Å². The van der Waals surface area contributed by atoms with Crippen molar-refractivity contribution in [2.24, 2.45) is 5.92 Å². The van der Waals surface area contributed by atoms with E-state index < -0.39 is 5.97 Å². The van der Waals surface area contributed by atoms with Gasteiger partial charge in [-0.25, -0.2) is 4.98 Å². The van der Waals surface area contributed by atoms with Crippen molar-refractivity contribution in [2.75, 3.05) is 6.54 Å². The van der Waals surface area contributed by atoms with Gasteiger partial charge in [0.2, 0.25) is 0 Å². The molecule has 0 bridgehead atoms. The first kappa shape index (κ1) is 12.1. The smallest absolute Gasteiger partial charge is 0.306 e. The second-order valence-corrected chi connectivity index (χ2v) is 4.68. The molecular weight excluding hydrogens is 218 g/mol. The van der Waals surface area contributed by atoms with E-state index in [1.54, 1.807) is 6.33 Å². The van der Waals surface area contributed by atoms with Crippen molar-refractivity contribution in [2.45, 2.75) is 38.1 Å². The summed E-state index contributed by atoms with van der Waals surface area (Å²) >= 11 is 0. The number of hydrogen-bond donors (Lipinski definition) is 3. The number of imidazole rings is 1. The number of nitrogens with zero attached hydrogens (tertiary/aromatic N) is 1. The second-order valence-electron chi connectivity index (χ2n) is 4.68. The number of carbonyl (C=O) groups is 1. The van der Waals surface area contributed by atoms with Gasteiger partial charge in [-0.05, 0) is 19.3 Å². The van der Waals surface area contributed by atoms with Crippen molar-refractivity contribution >= 4 is 5.97 Å². The van der Waals surface area contributed by atoms with Crippen LogP contribution in [-0.2, 0) is 11.2 Å². The van der Waals surface area contributed by atoms with Gasteiger partial charge in [-0.1, -0.05) is 6.42 Å². The minimum absolute atomic E-state index is 0.159. The summed E-state index contributed by atoms with van der Waals surface area (Å²) in [4.78, 5) is 17.9. The fourth-order valence-corrected chi connectivity index (χ4v) is 2.43. The minimum atomic E-state index is -0.648. The van der Waals surface area contributed by atoms with Crippen molar-refractivity contribution in [3.05, 3.63) is 18.2 Å². The SMILES string of the molecule is O=C(O)C1CCCC(NCCc2cnc[nH]2)C1. The Kier molecular flexibility index (Phi) is 4.14. The molecule has 0 amide bonds. The summed E-state index contributed by atoms with van der Waals surface area (Å²) in [5.41, 5.74) is 1.11. The zero-order valence-electron chi connectivity index (χ0n) is 9.85. The quantitative estimate of drug-likeness (QED) is 0.718. The van der Waals surface area contributed by atoms with Gasteiger partial charge in [-0.2, -0.15) is 0 Å². The summed E-state index contributed by atoms with van der Waals surface area (Å²) in [5.74, 6) is -0.807. The number of rotatable bonds is 5. The average molecular weight is 237 g/mol. The van der Waals surface area contributed by atoms with Crippen molar-refractivity contribution in [3.63, 3.8) is 0 Å². The van der Waals surface area contributed by atoms with Crippen LogP contribution in [-0.4, -0.2) is 33.6 Å². The van der Waals surface area contributed by atoms with Gasteiger partial charge in [0.1, 0.15) is 0 Å². The molecule has 94 valence electrons. The van der Waals surface area contributed by atoms with E-state index in [4.69, 9.17) is 5.11 Å². The highest BCUT2D eigenvalue weighted by molar-refractivity contribution is 5.70. The maximum atomic E-state index is 10.9. The largest absolute Gasteiger partial charge is 0.481 e. The summed E-state index contributed by atoms with van der Waals surface area (Å²) in [6.07, 6.45) is 8.10. The lowest BCUT2D eigenvalue weighted by atomic mass is 9.86. The van der Waals surface area contributed by atoms with Crippen LogP contribution >= 0.6 is 0 Å². The first-order valence-electron chi connectivity index (χ1n) is 6.19. The summed E-state index contributed by atoms with van der Waals surface area (Å²) in [5, 5.41) is 12.4. The fraction of sp³-hybridized carbons (Fsp3) is 0.667. The molecule has 0 radical (unpaired) electrons. The van der Waals surface area contributed by atoms with Crippen LogP contribution < -0.4 is 5.32 Å². The molecule has 1 heterocycles. The second kappa shape index (κ2) is 5.82. The molecule has 0 aliphatic heterocycles. The van der Waals surface area contributed by atoms with Gasteiger partial charge in [-0.15, -0.1) is 0 Å². The Balaban J connectivity index is 1.70. The Morgan fingerprint density at radius 2 is 2.47 bits per heavy atom. The maximum absolute atomic E-state index is 10.9. The molecule has 1 aromatic heterocycles. The first-order chi connectivity index (χ1) is 8.25. The topological polar surface area (TPSA) is 78.0 Å². The molecule has 5 heteroatoms. The summed E-state index contributed by atoms with van der Waals surface area (Å²) in [7, 11) is 0. The molecule has 3 N–H and O–H groups in total. The maximum Gasteiger partial charge on any atom is 0.306 e. The van der Waals surface area contributed by atoms with Gasteiger partial charge in [0.15, 0.2) is 0 Å². The van der Waals surface area contributed by atoms with E-state index in [9.17, 15) is 4.79 Å². The van der Waals surface area contributed by atoms with Crippen molar-refractivity contribution < 1.29 is 9.90 Å². The predicted molar refractivity (Wildman–Crippen MR) is 63.7 cm³/mol. The van der Waals surface area contributed by atoms with E-state index in [1.807, 2.05) is 6.20 Å². The summed E-state index contributed by atoms with van der Waals surface area (Å²) in [6, 6.07) is 0.354. The molecule has 1 saturated carbocycles. The van der Waals surface area contributed by atoms with Crippen LogP contribution in [0.1, 0.15) is 31.4 Å². The van der Waals surface area contributed by atoms with Crippen LogP contribution in [0, 0.1) is 5.92 Å². The lowest BCUT2D eigenvalue weighted by molar-refractivity contribution is -0.143. The highest BCUT2D eigenvalue weighted by atomic mass is 16.4. The number of nitrogens with one attached hydrogen (secondary N) is 2. The molecular formula is C12H19N3O2. The van der Waals surface area contributed by atoms with E-state index in [0.29, 0.717) is 6.04 Å². The normalized spacial score (nSPS) is 24.7. The Morgan fingerprint density at radius 3 is 3.18 bits per heavy atom. The molecule has 5 nitrogen and oxygen atoms in total. The Labute approximate surface area is 101 Å². The Hall–Kier alpha value is -1.36. The van der Waals surface area contributed by atoms with Crippen molar-refractivity contribution in [1.29, 1.82) is 0 Å². The molecule has 2 atom stereocenters. The molecule has 0 aromatic carbocycles. The number of hydrogen-bond acceptors (Lipinski definition) is 3. The van der Waals surface area contributed by atoms with Crippen LogP contribution in [0.25, 0.3) is 0 Å². The Morgan fingerprint density at radius 1 is 1.59 bits per heavy atom. The summed E-state index contributed by atoms with van der Waals surface area (Å²) < 4.78 is 0. The van der Waals surface area contributed by atoms with Crippen molar-refractivity contribution in [3.8, 4) is 0 Å². The monoisotopic (exact) mass is 237 g/mol. The first-order valence-corrected chi connectivity index (χ1v) is 6.19. The van der Waals surface area contributed by atoms with Crippen LogP contribution in [0.15, 0.2) is 12.5 Å². The molecule has 1 fully saturated rings. The van der Waals surface area contributed by atoms with Crippen LogP contribution in [0.3, 0.4) is 0 Å². The van der Waals surface area contributed by atoms with Gasteiger partial charge < -0.3 is 15.4 Å². The number of carboxylic acids is 1. The fourth-order valence-electron chi connectivity index (χ4n) is 2.43. The molecule has 17 heavy (non-hydrogen) atoms. The van der Waals surface area contributed by atoms with Crippen LogP contribution in [0.4, 0.5) is 0 Å². The third-order valence-corrected chi connectivity index (χ3v) is 3.41. The number of aromatic nitrogens is 2. The van der Waals surface area contributed by atoms with Gasteiger partial charge in [0, 0.05) is 30.9 Å². The number of H-pyrrole nitrogens is 1. The predicted octanol–water partition coefficient (Wildman–Crippen LogP) is 1.19. The van der Waals surface area contributed by atoms with Gasteiger partial charge in [-0.3, -0.25) is 4.79 Å². The number of aromatic amines is 1. The van der Waals surface area contributed by atoms with E-state index in [1.165, 1.54) is 0 Å². The zero-order valence-corrected chi connectivity index (χ0v) is 9.85. The standard InChI is InChI=1S/C12H19N3O2/c16-12(17)9-2-1-3-10(6-9)14-5-4-11-7-13-8-15-11/h7-10,14H,1-6H2,(H,13,15)(H,16,17). The highest BCUT2D eigenvalue weighted by Crippen LogP contribution is 2.24. The van der Waals surface area contributed by atoms with Crippen molar-refractivity contribution in [1.82, 2.24) is 15.3 Å². The highest BCUT2D eigenvalue weighted by Gasteiger charge is 2.26. The number of aliphatic carboxylic acids is 1. The van der Waals surface area contributed by atoms with Gasteiger partial charge >= 0.3 is 5.97 Å². The molecule has 2 rings (SSSR count). The third-order valence-electron chi connectivity index (χ3n) is 3.41. The van der Waals surface area contributed by atoms with E-state index in [2.05, 4.69) is 15.3 Å². The lowest BCUT2D eigenvalue weighted by Crippen LogP contribution is -2.37. The molecule has 2 unspecified atom stereocenters.